The molecule has 0 spiro atoms. The lowest BCUT2D eigenvalue weighted by Gasteiger charge is -2.21. The summed E-state index contributed by atoms with van der Waals surface area (Å²) in [6.45, 7) is 37.3. The number of aromatic nitrogens is 18. The molecule has 0 amide bonds. The number of ketones is 3. The van der Waals surface area contributed by atoms with Crippen LogP contribution in [-0.4, -0.2) is 142 Å². The maximum Gasteiger partial charge on any atom is 0.306 e. The molecular formula is C87H111FN18O9. The van der Waals surface area contributed by atoms with Crippen molar-refractivity contribution < 1.29 is 47.3 Å². The highest BCUT2D eigenvalue weighted by atomic mass is 19.1. The van der Waals surface area contributed by atoms with Gasteiger partial charge < -0.3 is 23.7 Å². The number of nitrogens with zero attached hydrogens (tertiary/aromatic N) is 17. The fourth-order valence-corrected chi connectivity index (χ4v) is 15.5. The molecule has 610 valence electrons. The van der Waals surface area contributed by atoms with Crippen molar-refractivity contribution in [2.75, 3.05) is 0 Å². The van der Waals surface area contributed by atoms with Crippen LogP contribution in [0.4, 0.5) is 4.39 Å². The Bertz CT molecular complexity index is 5450. The fourth-order valence-electron chi connectivity index (χ4n) is 15.5. The molecule has 1 saturated heterocycles. The third kappa shape index (κ3) is 17.7. The van der Waals surface area contributed by atoms with Crippen molar-refractivity contribution in [3.8, 4) is 68.0 Å². The molecule has 11 heterocycles. The average molecular weight is 1570 g/mol. The first-order chi connectivity index (χ1) is 54.2. The number of nitrogens with one attached hydrogen (secondary N) is 1. The van der Waals surface area contributed by atoms with Crippen LogP contribution < -0.4 is 18.9 Å². The number of cyclic esters (lactones) is 1. The topological polar surface area (TPSA) is 294 Å². The van der Waals surface area contributed by atoms with Crippen LogP contribution in [0, 0.1) is 44.5 Å². The van der Waals surface area contributed by atoms with E-state index in [0.29, 0.717) is 91.3 Å². The maximum atomic E-state index is 14.7. The molecule has 12 aromatic rings. The van der Waals surface area contributed by atoms with E-state index in [1.54, 1.807) is 19.4 Å². The summed E-state index contributed by atoms with van der Waals surface area (Å²) in [6, 6.07) is 12.1. The first-order valence-corrected chi connectivity index (χ1v) is 40.2. The molecule has 28 heteroatoms. The lowest BCUT2D eigenvalue weighted by atomic mass is 9.88. The van der Waals surface area contributed by atoms with E-state index in [4.69, 9.17) is 33.7 Å². The highest BCUT2D eigenvalue weighted by Gasteiger charge is 2.36. The summed E-state index contributed by atoms with van der Waals surface area (Å²) in [7, 11) is 7.36. The number of benzene rings is 2. The van der Waals surface area contributed by atoms with Crippen molar-refractivity contribution >= 4 is 66.9 Å². The molecule has 2 aromatic carbocycles. The molecule has 0 radical (unpaired) electrons. The Labute approximate surface area is 670 Å². The normalized spacial score (nSPS) is 18.4. The van der Waals surface area contributed by atoms with Crippen molar-refractivity contribution in [1.82, 2.24) is 88.6 Å². The second kappa shape index (κ2) is 32.4. The second-order valence-electron chi connectivity index (χ2n) is 35.1. The molecule has 10 aromatic heterocycles. The van der Waals surface area contributed by atoms with Gasteiger partial charge in [-0.3, -0.25) is 52.4 Å². The van der Waals surface area contributed by atoms with E-state index in [1.165, 1.54) is 4.68 Å². The first kappa shape index (κ1) is 82.1. The Hall–Kier alpha value is -10.9. The molecule has 3 saturated carbocycles. The Morgan fingerprint density at radius 3 is 1.36 bits per heavy atom. The van der Waals surface area contributed by atoms with Crippen molar-refractivity contribution in [2.45, 2.75) is 248 Å². The largest absolute Gasteiger partial charge is 0.490 e. The zero-order chi connectivity index (χ0) is 82.8. The molecule has 4 fully saturated rings. The van der Waals surface area contributed by atoms with Crippen molar-refractivity contribution in [2.24, 2.45) is 45.9 Å². The number of aryl methyl sites for hydroxylation is 7. The Kier molecular flexibility index (Phi) is 23.1. The number of rotatable bonds is 17. The number of carbonyl (C=O) groups excluding carboxylic acids is 4. The van der Waals surface area contributed by atoms with Gasteiger partial charge in [-0.1, -0.05) is 20.8 Å². The number of carbonyl (C=O) groups is 4. The highest BCUT2D eigenvalue weighted by molar-refractivity contribution is 5.94. The molecule has 1 aliphatic heterocycles. The third-order valence-electron chi connectivity index (χ3n) is 23.0. The Morgan fingerprint density at radius 2 is 0.896 bits per heavy atom. The molecular weight excluding hydrogens is 1460 g/mol. The van der Waals surface area contributed by atoms with E-state index in [2.05, 4.69) is 154 Å². The molecule has 0 unspecified atom stereocenters. The molecule has 16 rings (SSSR count). The van der Waals surface area contributed by atoms with Gasteiger partial charge in [0.25, 0.3) is 0 Å². The summed E-state index contributed by atoms with van der Waals surface area (Å²) in [4.78, 5) is 56.3. The molecule has 27 nitrogen and oxygen atoms in total. The number of pyridine rings is 2. The zero-order valence-corrected chi connectivity index (χ0v) is 70.6. The number of hydrogen-bond donors (Lipinski definition) is 1. The average Bonchev–Trinajstić information content (AvgIpc) is 1.65. The molecule has 0 bridgehead atoms. The summed E-state index contributed by atoms with van der Waals surface area (Å²) >= 11 is 0. The van der Waals surface area contributed by atoms with Crippen LogP contribution >= 0.6 is 0 Å². The van der Waals surface area contributed by atoms with Gasteiger partial charge in [0, 0.05) is 166 Å². The van der Waals surface area contributed by atoms with E-state index >= 15 is 0 Å². The van der Waals surface area contributed by atoms with Crippen LogP contribution in [0.25, 0.3) is 88.4 Å². The number of H-pyrrole nitrogens is 1. The standard InChI is InChI=1S/C23H30N4O2.C22H29N5O2.C21H25FN4O2.C21H27N5O3/c1-14-22-20(25-26(14)6)10-17(18-12-24-27(13-18)23(3,4)5)11-21(22)29-15(2)16-7-8-19(28)9-16;1-12-19-18(26-27(12)6)10-17(16-11-23-25-20(16)22(3,4)5)24-21(19)29-13(2)14-7-8-15(28)9-14;1-12(2)26-11-16(10-23-26)15-8-18-20(21(22)25(4)24-18)19(9-15)28-13(3)14-5-6-17(27)7-14;1-12-19-16(24-25(12)6)9-15(14-10-22-26(11-14)21(3,4)5)23-20(19)28-13(2)17-7-8-18(27)29-17/h10-13,15-16H,7-9H2,1-6H3;10-11,13-14H,7-9H2,1-6H3,(H,23,25);8-14H,5-7H2,1-4H3;9-11,13,17H,7-8H2,1-6H3/t15-,16+;2*13-,14+;13-,17-/m1111/s1. The van der Waals surface area contributed by atoms with Gasteiger partial charge >= 0.3 is 5.97 Å². The van der Waals surface area contributed by atoms with Gasteiger partial charge in [0.1, 0.15) is 58.2 Å². The number of aromatic amines is 1. The predicted octanol–water partition coefficient (Wildman–Crippen LogP) is 16.4. The summed E-state index contributed by atoms with van der Waals surface area (Å²) in [5.74, 6) is 3.38. The molecule has 8 atom stereocenters. The number of halogens is 1. The lowest BCUT2D eigenvalue weighted by molar-refractivity contribution is -0.144. The first-order valence-electron chi connectivity index (χ1n) is 40.2. The predicted molar refractivity (Wildman–Crippen MR) is 439 cm³/mol. The third-order valence-corrected chi connectivity index (χ3v) is 23.0. The van der Waals surface area contributed by atoms with Crippen molar-refractivity contribution in [3.63, 3.8) is 0 Å². The van der Waals surface area contributed by atoms with E-state index in [1.807, 2.05) is 133 Å². The van der Waals surface area contributed by atoms with Gasteiger partial charge in [0.05, 0.1) is 92.0 Å². The maximum absolute atomic E-state index is 14.7. The summed E-state index contributed by atoms with van der Waals surface area (Å²) in [5, 5.41) is 42.3. The molecule has 3 aliphatic carbocycles. The van der Waals surface area contributed by atoms with Gasteiger partial charge in [0.15, 0.2) is 0 Å². The van der Waals surface area contributed by atoms with E-state index in [0.717, 1.165) is 125 Å². The van der Waals surface area contributed by atoms with Gasteiger partial charge in [-0.25, -0.2) is 14.6 Å². The summed E-state index contributed by atoms with van der Waals surface area (Å²) in [5.41, 5.74) is 14.2. The highest BCUT2D eigenvalue weighted by Crippen LogP contribution is 2.42. The second-order valence-corrected chi connectivity index (χ2v) is 35.1. The van der Waals surface area contributed by atoms with Crippen LogP contribution in [0.2, 0.25) is 0 Å². The minimum absolute atomic E-state index is 0.0168. The van der Waals surface area contributed by atoms with E-state index in [-0.39, 0.29) is 82.6 Å². The number of hydrogen-bond acceptors (Lipinski definition) is 19. The zero-order valence-electron chi connectivity index (χ0n) is 70.6. The Morgan fingerprint density at radius 1 is 0.470 bits per heavy atom. The summed E-state index contributed by atoms with van der Waals surface area (Å²) < 4.78 is 57.9. The minimum atomic E-state index is -0.427. The van der Waals surface area contributed by atoms with Crippen molar-refractivity contribution in [1.29, 1.82) is 0 Å². The number of ether oxygens (including phenoxy) is 5. The van der Waals surface area contributed by atoms with Crippen LogP contribution in [0.1, 0.15) is 203 Å². The van der Waals surface area contributed by atoms with Crippen LogP contribution in [0.3, 0.4) is 0 Å². The number of Topliss-reactive ketones (excluding diaryl/α,β-unsaturated/α-hetero) is 3. The number of fused-ring (bicyclic) bond motifs is 4. The van der Waals surface area contributed by atoms with Crippen LogP contribution in [0.5, 0.6) is 23.3 Å². The number of esters is 1. The molecule has 115 heavy (non-hydrogen) atoms. The van der Waals surface area contributed by atoms with Gasteiger partial charge in [0.2, 0.25) is 17.7 Å². The monoisotopic (exact) mass is 1570 g/mol. The quantitative estimate of drug-likeness (QED) is 0.0828. The van der Waals surface area contributed by atoms with Crippen LogP contribution in [0.15, 0.2) is 79.8 Å². The minimum Gasteiger partial charge on any atom is -0.490 e. The summed E-state index contributed by atoms with van der Waals surface area (Å²) in [6.07, 6.45) is 19.8. The fraction of sp³-hybridized carbons (Fsp3) is 0.517. The molecule has 4 aliphatic rings. The van der Waals surface area contributed by atoms with Gasteiger partial charge in [-0.05, 0) is 177 Å². The molecule has 1 N–H and O–H groups in total. The lowest BCUT2D eigenvalue weighted by Crippen LogP contribution is -2.29. The van der Waals surface area contributed by atoms with Gasteiger partial charge in [-0.15, -0.1) is 0 Å². The smallest absolute Gasteiger partial charge is 0.306 e. The van der Waals surface area contributed by atoms with Gasteiger partial charge in [-0.2, -0.15) is 45.2 Å². The van der Waals surface area contributed by atoms with Crippen molar-refractivity contribution in [3.05, 3.63) is 108 Å². The van der Waals surface area contributed by atoms with E-state index < -0.39 is 5.95 Å². The SMILES string of the molecule is CC(C)n1cc(-c2cc(O[C@H](C)[C@H]3CCC(=O)C3)c3c(F)n(C)nc3c2)cn1.Cc1c2c(O[C@H](C)[C@H]3CCC(=O)C3)cc(-c3cnn(C(C)(C)C)c3)cc2nn1C.Cc1c2c(O[C@H](C)[C@H]3CCC(=O)C3)nc(-c3cn[nH]c3C(C)(C)C)cc2nn1C.Cc1c2c(O[C@H](C)[C@H]3CCC(=O)O3)nc(-c3cnn(C(C)(C)C)c3)cc2nn1C. The van der Waals surface area contributed by atoms with Crippen LogP contribution in [-0.2, 0) is 68.6 Å². The Balaban J connectivity index is 0.000000134. The van der Waals surface area contributed by atoms with E-state index in [9.17, 15) is 23.6 Å².